The fraction of sp³-hybridized carbons (Fsp3) is 0.500. The molecule has 2 atom stereocenters. The van der Waals surface area contributed by atoms with Crippen LogP contribution < -0.4 is 10.2 Å². The number of piperidine rings is 1. The van der Waals surface area contributed by atoms with Gasteiger partial charge in [-0.2, -0.15) is 0 Å². The third kappa shape index (κ3) is 4.36. The zero-order chi connectivity index (χ0) is 17.6. The number of hydrogen-bond acceptors (Lipinski definition) is 6. The number of aromatic nitrogens is 2. The van der Waals surface area contributed by atoms with Gasteiger partial charge in [-0.05, 0) is 39.1 Å². The predicted molar refractivity (Wildman–Crippen MR) is 95.1 cm³/mol. The monoisotopic (exact) mass is 343 g/mol. The Morgan fingerprint density at radius 3 is 3.04 bits per heavy atom. The number of furan rings is 1. The fourth-order valence-electron chi connectivity index (χ4n) is 3.21. The van der Waals surface area contributed by atoms with Crippen molar-refractivity contribution in [3.05, 3.63) is 42.7 Å². The van der Waals surface area contributed by atoms with Crippen LogP contribution in [0.5, 0.6) is 0 Å². The first-order valence-electron chi connectivity index (χ1n) is 8.63. The predicted octanol–water partition coefficient (Wildman–Crippen LogP) is 1.71. The van der Waals surface area contributed by atoms with E-state index in [0.717, 1.165) is 31.0 Å². The lowest BCUT2D eigenvalue weighted by Gasteiger charge is -2.33. The molecule has 0 aromatic carbocycles. The van der Waals surface area contributed by atoms with Gasteiger partial charge in [0.15, 0.2) is 0 Å². The summed E-state index contributed by atoms with van der Waals surface area (Å²) >= 11 is 0. The normalized spacial score (nSPS) is 19.0. The van der Waals surface area contributed by atoms with Crippen LogP contribution >= 0.6 is 0 Å². The van der Waals surface area contributed by atoms with Crippen molar-refractivity contribution in [2.75, 3.05) is 38.6 Å². The largest absolute Gasteiger partial charge is 0.468 e. The molecule has 0 unspecified atom stereocenters. The standard InChI is InChI=1S/C18H25N5O2/c1-22(2)15(16-6-4-10-25-16)11-21-18(24)14-5-3-9-23(13-14)17-12-19-7-8-20-17/h4,6-8,10,12,14-15H,3,5,9,11,13H2,1-2H3,(H,21,24)/t14-,15+/m1/s1. The van der Waals surface area contributed by atoms with E-state index in [1.165, 1.54) is 0 Å². The molecule has 0 bridgehead atoms. The molecule has 2 aromatic rings. The quantitative estimate of drug-likeness (QED) is 0.861. The summed E-state index contributed by atoms with van der Waals surface area (Å²) in [6.45, 7) is 2.12. The average molecular weight is 343 g/mol. The van der Waals surface area contributed by atoms with Crippen LogP contribution in [-0.4, -0.2) is 54.5 Å². The zero-order valence-electron chi connectivity index (χ0n) is 14.8. The molecule has 1 N–H and O–H groups in total. The molecular weight excluding hydrogens is 318 g/mol. The first kappa shape index (κ1) is 17.4. The smallest absolute Gasteiger partial charge is 0.224 e. The number of amides is 1. The second kappa shape index (κ2) is 8.11. The summed E-state index contributed by atoms with van der Waals surface area (Å²) in [6, 6.07) is 3.83. The molecule has 3 rings (SSSR count). The van der Waals surface area contributed by atoms with Gasteiger partial charge in [-0.1, -0.05) is 0 Å². The van der Waals surface area contributed by atoms with E-state index < -0.39 is 0 Å². The van der Waals surface area contributed by atoms with E-state index in [4.69, 9.17) is 4.42 Å². The molecule has 2 aromatic heterocycles. The van der Waals surface area contributed by atoms with Crippen molar-refractivity contribution in [3.63, 3.8) is 0 Å². The third-order valence-corrected chi connectivity index (χ3v) is 4.63. The van der Waals surface area contributed by atoms with Crippen LogP contribution in [-0.2, 0) is 4.79 Å². The number of rotatable bonds is 6. The van der Waals surface area contributed by atoms with Gasteiger partial charge in [0.25, 0.3) is 0 Å². The van der Waals surface area contributed by atoms with Gasteiger partial charge in [-0.25, -0.2) is 4.98 Å². The minimum Gasteiger partial charge on any atom is -0.468 e. The zero-order valence-corrected chi connectivity index (χ0v) is 14.8. The van der Waals surface area contributed by atoms with Crippen molar-refractivity contribution in [2.24, 2.45) is 5.92 Å². The maximum absolute atomic E-state index is 12.6. The highest BCUT2D eigenvalue weighted by molar-refractivity contribution is 5.79. The highest BCUT2D eigenvalue weighted by Gasteiger charge is 2.27. The van der Waals surface area contributed by atoms with Crippen molar-refractivity contribution in [3.8, 4) is 0 Å². The number of nitrogens with one attached hydrogen (secondary N) is 1. The molecule has 3 heterocycles. The Bertz CT molecular complexity index is 659. The molecule has 0 radical (unpaired) electrons. The van der Waals surface area contributed by atoms with E-state index >= 15 is 0 Å². The summed E-state index contributed by atoms with van der Waals surface area (Å²) in [5, 5.41) is 3.09. The van der Waals surface area contributed by atoms with Crippen LogP contribution in [0, 0.1) is 5.92 Å². The lowest BCUT2D eigenvalue weighted by Crippen LogP contribution is -2.45. The van der Waals surface area contributed by atoms with Gasteiger partial charge in [0.2, 0.25) is 5.91 Å². The molecule has 0 aliphatic carbocycles. The van der Waals surface area contributed by atoms with Crippen LogP contribution in [0.3, 0.4) is 0 Å². The second-order valence-electron chi connectivity index (χ2n) is 6.59. The van der Waals surface area contributed by atoms with Gasteiger partial charge < -0.3 is 14.6 Å². The Hall–Kier alpha value is -2.41. The molecule has 1 saturated heterocycles. The lowest BCUT2D eigenvalue weighted by atomic mass is 9.97. The Kier molecular flexibility index (Phi) is 5.65. The minimum absolute atomic E-state index is 0.0265. The summed E-state index contributed by atoms with van der Waals surface area (Å²) in [5.74, 6) is 1.75. The van der Waals surface area contributed by atoms with Gasteiger partial charge in [0, 0.05) is 32.0 Å². The first-order chi connectivity index (χ1) is 12.1. The van der Waals surface area contributed by atoms with Gasteiger partial charge in [0.1, 0.15) is 11.6 Å². The van der Waals surface area contributed by atoms with Crippen LogP contribution in [0.2, 0.25) is 0 Å². The van der Waals surface area contributed by atoms with Crippen LogP contribution in [0.1, 0.15) is 24.6 Å². The van der Waals surface area contributed by atoms with Gasteiger partial charge in [-0.15, -0.1) is 0 Å². The lowest BCUT2D eigenvalue weighted by molar-refractivity contribution is -0.125. The molecule has 1 aliphatic heterocycles. The number of carbonyl (C=O) groups is 1. The molecular formula is C18H25N5O2. The first-order valence-corrected chi connectivity index (χ1v) is 8.63. The summed E-state index contributed by atoms with van der Waals surface area (Å²) in [7, 11) is 3.96. The molecule has 25 heavy (non-hydrogen) atoms. The van der Waals surface area contributed by atoms with E-state index in [0.29, 0.717) is 13.1 Å². The molecule has 1 fully saturated rings. The molecule has 7 nitrogen and oxygen atoms in total. The maximum Gasteiger partial charge on any atom is 0.224 e. The van der Waals surface area contributed by atoms with Crippen molar-refractivity contribution < 1.29 is 9.21 Å². The molecule has 1 aliphatic rings. The van der Waals surface area contributed by atoms with Gasteiger partial charge in [0.05, 0.1) is 24.4 Å². The van der Waals surface area contributed by atoms with Crippen molar-refractivity contribution in [1.82, 2.24) is 20.2 Å². The Morgan fingerprint density at radius 2 is 2.36 bits per heavy atom. The van der Waals surface area contributed by atoms with E-state index in [1.807, 2.05) is 31.1 Å². The Morgan fingerprint density at radius 1 is 1.48 bits per heavy atom. The molecule has 0 spiro atoms. The van der Waals surface area contributed by atoms with Gasteiger partial charge in [-0.3, -0.25) is 14.7 Å². The third-order valence-electron chi connectivity index (χ3n) is 4.63. The summed E-state index contributed by atoms with van der Waals surface area (Å²) in [4.78, 5) is 25.3. The number of nitrogens with zero attached hydrogens (tertiary/aromatic N) is 4. The van der Waals surface area contributed by atoms with Crippen LogP contribution in [0.4, 0.5) is 5.82 Å². The number of anilines is 1. The van der Waals surface area contributed by atoms with Crippen molar-refractivity contribution in [2.45, 2.75) is 18.9 Å². The highest BCUT2D eigenvalue weighted by Crippen LogP contribution is 2.22. The fourth-order valence-corrected chi connectivity index (χ4v) is 3.21. The highest BCUT2D eigenvalue weighted by atomic mass is 16.3. The Balaban J connectivity index is 1.57. The molecule has 7 heteroatoms. The summed E-state index contributed by atoms with van der Waals surface area (Å²) in [5.41, 5.74) is 0. The number of hydrogen-bond donors (Lipinski definition) is 1. The van der Waals surface area contributed by atoms with E-state index in [-0.39, 0.29) is 17.9 Å². The Labute approximate surface area is 148 Å². The maximum atomic E-state index is 12.6. The average Bonchev–Trinajstić information content (AvgIpc) is 3.16. The minimum atomic E-state index is -0.0323. The summed E-state index contributed by atoms with van der Waals surface area (Å²) in [6.07, 6.45) is 8.63. The van der Waals surface area contributed by atoms with E-state index in [1.54, 1.807) is 24.9 Å². The number of likely N-dealkylation sites (N-methyl/N-ethyl adjacent to an activating group) is 1. The van der Waals surface area contributed by atoms with E-state index in [9.17, 15) is 4.79 Å². The number of carbonyl (C=O) groups excluding carboxylic acids is 1. The molecule has 0 saturated carbocycles. The summed E-state index contributed by atoms with van der Waals surface area (Å²) < 4.78 is 5.49. The topological polar surface area (TPSA) is 74.5 Å². The SMILES string of the molecule is CN(C)[C@@H](CNC(=O)[C@@H]1CCCN(c2cnccn2)C1)c1ccco1. The van der Waals surface area contributed by atoms with Crippen molar-refractivity contribution >= 4 is 11.7 Å². The van der Waals surface area contributed by atoms with Gasteiger partial charge >= 0.3 is 0 Å². The second-order valence-corrected chi connectivity index (χ2v) is 6.59. The molecule has 134 valence electrons. The van der Waals surface area contributed by atoms with Crippen LogP contribution in [0.15, 0.2) is 41.4 Å². The molecule has 1 amide bonds. The van der Waals surface area contributed by atoms with Crippen molar-refractivity contribution in [1.29, 1.82) is 0 Å². The van der Waals surface area contributed by atoms with E-state index in [2.05, 4.69) is 20.2 Å². The van der Waals surface area contributed by atoms with Crippen LogP contribution in [0.25, 0.3) is 0 Å².